The molecular weight excluding hydrogens is 338 g/mol. The number of carbonyl (C=O) groups is 2. The lowest BCUT2D eigenvalue weighted by molar-refractivity contribution is -0.144. The van der Waals surface area contributed by atoms with E-state index in [2.05, 4.69) is 0 Å². The second kappa shape index (κ2) is 8.81. The number of anilines is 1. The average Bonchev–Trinajstić information content (AvgIpc) is 2.72. The van der Waals surface area contributed by atoms with Gasteiger partial charge in [-0.25, -0.2) is 4.79 Å². The molecule has 0 aliphatic rings. The smallest absolute Gasteiger partial charge is 0.333 e. The number of amides is 1. The van der Waals surface area contributed by atoms with Crippen LogP contribution in [0.4, 0.5) is 5.69 Å². The molecule has 0 fully saturated rings. The summed E-state index contributed by atoms with van der Waals surface area (Å²) >= 11 is 0. The number of para-hydroxylation sites is 1. The number of aryl methyl sites for hydroxylation is 2. The number of benzene rings is 3. The summed E-state index contributed by atoms with van der Waals surface area (Å²) in [5, 5.41) is 1.07. The molecule has 1 amide bonds. The van der Waals surface area contributed by atoms with E-state index in [1.54, 1.807) is 36.4 Å². The molecule has 0 atom stereocenters. The van der Waals surface area contributed by atoms with Crippen LogP contribution in [-0.2, 0) is 16.1 Å². The topological polar surface area (TPSA) is 46.6 Å². The van der Waals surface area contributed by atoms with Gasteiger partial charge in [0.25, 0.3) is 5.91 Å². The van der Waals surface area contributed by atoms with Gasteiger partial charge in [-0.2, -0.15) is 0 Å². The fraction of sp³-hybridized carbons (Fsp3) is 0.130. The molecule has 3 rings (SSSR count). The number of hydrogen-bond donors (Lipinski definition) is 0. The first-order valence-corrected chi connectivity index (χ1v) is 8.84. The molecule has 3 aromatic rings. The van der Waals surface area contributed by atoms with E-state index >= 15 is 0 Å². The highest BCUT2D eigenvalue weighted by Gasteiger charge is 2.22. The Morgan fingerprint density at radius 2 is 1.41 bits per heavy atom. The molecule has 0 aliphatic heterocycles. The van der Waals surface area contributed by atoms with E-state index in [-0.39, 0.29) is 12.3 Å². The van der Waals surface area contributed by atoms with Crippen molar-refractivity contribution in [2.45, 2.75) is 19.8 Å². The molecule has 0 saturated heterocycles. The Hall–Kier alpha value is -3.40. The first-order chi connectivity index (χ1) is 13.1. The van der Waals surface area contributed by atoms with Crippen molar-refractivity contribution in [1.29, 1.82) is 0 Å². The molecule has 0 aliphatic carbocycles. The molecule has 0 bridgehead atoms. The van der Waals surface area contributed by atoms with Crippen LogP contribution in [0.5, 0.6) is 0 Å². The van der Waals surface area contributed by atoms with Gasteiger partial charge in [0, 0.05) is 5.56 Å². The summed E-state index contributed by atoms with van der Waals surface area (Å²) in [5.41, 5.74) is 3.07. The van der Waals surface area contributed by atoms with E-state index in [4.69, 9.17) is 4.84 Å². The summed E-state index contributed by atoms with van der Waals surface area (Å²) < 4.78 is 0. The molecule has 136 valence electrons. The molecule has 0 radical (unpaired) electrons. The first kappa shape index (κ1) is 18.4. The van der Waals surface area contributed by atoms with Gasteiger partial charge in [0.2, 0.25) is 0 Å². The van der Waals surface area contributed by atoms with Crippen LogP contribution >= 0.6 is 0 Å². The van der Waals surface area contributed by atoms with Gasteiger partial charge < -0.3 is 4.84 Å². The van der Waals surface area contributed by atoms with Crippen molar-refractivity contribution in [2.75, 3.05) is 5.06 Å². The normalized spacial score (nSPS) is 10.3. The van der Waals surface area contributed by atoms with E-state index in [9.17, 15) is 9.59 Å². The van der Waals surface area contributed by atoms with Gasteiger partial charge in [-0.3, -0.25) is 4.79 Å². The highest BCUT2D eigenvalue weighted by atomic mass is 16.7. The maximum absolute atomic E-state index is 12.9. The standard InChI is InChI=1S/C23H21NO3/c1-18-12-15-20(16-13-18)23(26)24(21-10-6-3-7-11-21)27-22(25)17-14-19-8-4-2-5-9-19/h2-13,15-16H,14,17H2,1H3. The van der Waals surface area contributed by atoms with Gasteiger partial charge in [-0.15, -0.1) is 5.06 Å². The molecule has 0 saturated carbocycles. The molecule has 0 N–H and O–H groups in total. The second-order valence-corrected chi connectivity index (χ2v) is 6.25. The van der Waals surface area contributed by atoms with Gasteiger partial charge in [0.15, 0.2) is 0 Å². The van der Waals surface area contributed by atoms with Crippen molar-refractivity contribution in [1.82, 2.24) is 0 Å². The number of rotatable bonds is 5. The zero-order valence-corrected chi connectivity index (χ0v) is 15.2. The Kier molecular flexibility index (Phi) is 6.00. The quantitative estimate of drug-likeness (QED) is 0.619. The third kappa shape index (κ3) is 5.05. The minimum absolute atomic E-state index is 0.189. The number of hydrogen-bond acceptors (Lipinski definition) is 3. The third-order valence-corrected chi connectivity index (χ3v) is 4.13. The molecule has 3 aromatic carbocycles. The van der Waals surface area contributed by atoms with Crippen LogP contribution in [0.3, 0.4) is 0 Å². The predicted molar refractivity (Wildman–Crippen MR) is 105 cm³/mol. The van der Waals surface area contributed by atoms with E-state index in [0.29, 0.717) is 17.7 Å². The molecule has 27 heavy (non-hydrogen) atoms. The fourth-order valence-corrected chi connectivity index (χ4v) is 2.63. The fourth-order valence-electron chi connectivity index (χ4n) is 2.63. The monoisotopic (exact) mass is 359 g/mol. The lowest BCUT2D eigenvalue weighted by Crippen LogP contribution is -2.33. The maximum atomic E-state index is 12.9. The van der Waals surface area contributed by atoms with Gasteiger partial charge >= 0.3 is 5.97 Å². The maximum Gasteiger partial charge on any atom is 0.333 e. The zero-order valence-electron chi connectivity index (χ0n) is 15.2. The zero-order chi connectivity index (χ0) is 19.1. The molecule has 0 heterocycles. The Morgan fingerprint density at radius 1 is 0.815 bits per heavy atom. The number of hydroxylamine groups is 1. The molecule has 0 spiro atoms. The average molecular weight is 359 g/mol. The first-order valence-electron chi connectivity index (χ1n) is 8.84. The van der Waals surface area contributed by atoms with Crippen molar-refractivity contribution in [2.24, 2.45) is 0 Å². The SMILES string of the molecule is Cc1ccc(C(=O)N(OC(=O)CCc2ccccc2)c2ccccc2)cc1. The molecule has 4 heteroatoms. The molecular formula is C23H21NO3. The van der Waals surface area contributed by atoms with Crippen LogP contribution in [-0.4, -0.2) is 11.9 Å². The number of carbonyl (C=O) groups excluding carboxylic acids is 2. The molecule has 0 unspecified atom stereocenters. The second-order valence-electron chi connectivity index (χ2n) is 6.25. The lowest BCUT2D eigenvalue weighted by atomic mass is 10.1. The Balaban J connectivity index is 1.75. The summed E-state index contributed by atoms with van der Waals surface area (Å²) in [5.74, 6) is -0.836. The largest absolute Gasteiger partial charge is 0.333 e. The Labute approximate surface area is 159 Å². The van der Waals surface area contributed by atoms with E-state index in [0.717, 1.165) is 16.2 Å². The van der Waals surface area contributed by atoms with Crippen LogP contribution in [0.15, 0.2) is 84.9 Å². The number of nitrogens with zero attached hydrogens (tertiary/aromatic N) is 1. The van der Waals surface area contributed by atoms with Gasteiger partial charge in [0.1, 0.15) is 0 Å². The van der Waals surface area contributed by atoms with Gasteiger partial charge in [-0.1, -0.05) is 66.2 Å². The van der Waals surface area contributed by atoms with E-state index < -0.39 is 5.97 Å². The van der Waals surface area contributed by atoms with Gasteiger partial charge in [0.05, 0.1) is 12.1 Å². The van der Waals surface area contributed by atoms with Crippen molar-refractivity contribution in [3.8, 4) is 0 Å². The summed E-state index contributed by atoms with van der Waals surface area (Å²) in [6, 6.07) is 25.8. The van der Waals surface area contributed by atoms with Crippen molar-refractivity contribution in [3.05, 3.63) is 102 Å². The van der Waals surface area contributed by atoms with Crippen LogP contribution in [0.1, 0.15) is 27.9 Å². The highest BCUT2D eigenvalue weighted by molar-refractivity contribution is 6.05. The summed E-state index contributed by atoms with van der Waals surface area (Å²) in [7, 11) is 0. The highest BCUT2D eigenvalue weighted by Crippen LogP contribution is 2.19. The molecule has 0 aromatic heterocycles. The van der Waals surface area contributed by atoms with Crippen LogP contribution in [0.2, 0.25) is 0 Å². The van der Waals surface area contributed by atoms with E-state index in [1.807, 2.05) is 55.5 Å². The summed E-state index contributed by atoms with van der Waals surface area (Å²) in [6.45, 7) is 1.95. The minimum atomic E-state index is -0.455. The third-order valence-electron chi connectivity index (χ3n) is 4.13. The van der Waals surface area contributed by atoms with E-state index in [1.165, 1.54) is 0 Å². The lowest BCUT2D eigenvalue weighted by Gasteiger charge is -2.21. The van der Waals surface area contributed by atoms with Crippen LogP contribution < -0.4 is 5.06 Å². The van der Waals surface area contributed by atoms with Crippen LogP contribution in [0, 0.1) is 6.92 Å². The predicted octanol–water partition coefficient (Wildman–Crippen LogP) is 4.73. The minimum Gasteiger partial charge on any atom is -0.333 e. The Morgan fingerprint density at radius 3 is 2.04 bits per heavy atom. The molecule has 4 nitrogen and oxygen atoms in total. The van der Waals surface area contributed by atoms with Crippen molar-refractivity contribution in [3.63, 3.8) is 0 Å². The van der Waals surface area contributed by atoms with Crippen molar-refractivity contribution < 1.29 is 14.4 Å². The van der Waals surface area contributed by atoms with Crippen LogP contribution in [0.25, 0.3) is 0 Å². The summed E-state index contributed by atoms with van der Waals surface area (Å²) in [6.07, 6.45) is 0.746. The summed E-state index contributed by atoms with van der Waals surface area (Å²) in [4.78, 5) is 30.7. The van der Waals surface area contributed by atoms with Gasteiger partial charge in [-0.05, 0) is 43.2 Å². The van der Waals surface area contributed by atoms with Crippen molar-refractivity contribution >= 4 is 17.6 Å². The Bertz CT molecular complexity index is 890.